The van der Waals surface area contributed by atoms with Crippen LogP contribution in [-0.2, 0) is 4.74 Å². The Hall–Kier alpha value is -0.380. The van der Waals surface area contributed by atoms with Gasteiger partial charge in [-0.3, -0.25) is 0 Å². The quantitative estimate of drug-likeness (QED) is 0.810. The summed E-state index contributed by atoms with van der Waals surface area (Å²) in [5.74, 6) is 0. The zero-order valence-electron chi connectivity index (χ0n) is 11.7. The minimum atomic E-state index is 0.111. The van der Waals surface area contributed by atoms with E-state index in [0.717, 1.165) is 17.4 Å². The molecule has 0 aromatic heterocycles. The Morgan fingerprint density at radius 1 is 1.28 bits per heavy atom. The normalized spacial score (nSPS) is 14.8. The molecule has 1 N–H and O–H groups in total. The van der Waals surface area contributed by atoms with Gasteiger partial charge in [0, 0.05) is 17.1 Å². The summed E-state index contributed by atoms with van der Waals surface area (Å²) < 4.78 is 7.21. The second-order valence-electron chi connectivity index (χ2n) is 4.96. The topological polar surface area (TPSA) is 21.3 Å². The van der Waals surface area contributed by atoms with E-state index in [1.807, 2.05) is 6.07 Å². The van der Waals surface area contributed by atoms with E-state index in [9.17, 15) is 0 Å². The van der Waals surface area contributed by atoms with Crippen molar-refractivity contribution in [2.24, 2.45) is 0 Å². The summed E-state index contributed by atoms with van der Waals surface area (Å²) in [5, 5.41) is 3.45. The van der Waals surface area contributed by atoms with Crippen LogP contribution in [0.3, 0.4) is 0 Å². The molecule has 2 unspecified atom stereocenters. The number of rotatable bonds is 7. The highest BCUT2D eigenvalue weighted by Gasteiger charge is 2.15. The molecule has 0 radical (unpaired) electrons. The van der Waals surface area contributed by atoms with Crippen molar-refractivity contribution < 1.29 is 4.74 Å². The van der Waals surface area contributed by atoms with Crippen molar-refractivity contribution in [2.45, 2.75) is 52.4 Å². The van der Waals surface area contributed by atoms with Crippen LogP contribution < -0.4 is 5.32 Å². The van der Waals surface area contributed by atoms with Crippen LogP contribution >= 0.6 is 15.9 Å². The Balaban J connectivity index is 2.75. The summed E-state index contributed by atoms with van der Waals surface area (Å²) in [4.78, 5) is 0. The van der Waals surface area contributed by atoms with Crippen LogP contribution in [0.5, 0.6) is 0 Å². The molecule has 1 rings (SSSR count). The first-order chi connectivity index (χ1) is 8.52. The molecule has 2 atom stereocenters. The molecule has 0 spiro atoms. The van der Waals surface area contributed by atoms with E-state index < -0.39 is 0 Å². The van der Waals surface area contributed by atoms with Gasteiger partial charge in [0.25, 0.3) is 0 Å². The van der Waals surface area contributed by atoms with Crippen LogP contribution in [0.1, 0.15) is 45.8 Å². The van der Waals surface area contributed by atoms with Crippen LogP contribution in [0, 0.1) is 0 Å². The first-order valence-electron chi connectivity index (χ1n) is 6.67. The first kappa shape index (κ1) is 15.7. The maximum absolute atomic E-state index is 6.11. The summed E-state index contributed by atoms with van der Waals surface area (Å²) >= 11 is 3.52. The van der Waals surface area contributed by atoms with Gasteiger partial charge < -0.3 is 10.1 Å². The maximum Gasteiger partial charge on any atom is 0.0953 e. The molecule has 2 nitrogen and oxygen atoms in total. The molecule has 0 amide bonds. The zero-order chi connectivity index (χ0) is 13.5. The van der Waals surface area contributed by atoms with E-state index in [-0.39, 0.29) is 12.2 Å². The molecule has 102 valence electrons. The van der Waals surface area contributed by atoms with E-state index >= 15 is 0 Å². The summed E-state index contributed by atoms with van der Waals surface area (Å²) in [6, 6.07) is 8.83. The average Bonchev–Trinajstić information content (AvgIpc) is 2.33. The Morgan fingerprint density at radius 3 is 2.56 bits per heavy atom. The summed E-state index contributed by atoms with van der Waals surface area (Å²) in [6.07, 6.45) is 1.43. The van der Waals surface area contributed by atoms with Crippen LogP contribution in [0.2, 0.25) is 0 Å². The van der Waals surface area contributed by atoms with Crippen molar-refractivity contribution in [3.05, 3.63) is 34.3 Å². The first-order valence-corrected chi connectivity index (χ1v) is 7.46. The summed E-state index contributed by atoms with van der Waals surface area (Å²) in [7, 11) is 0. The van der Waals surface area contributed by atoms with Crippen molar-refractivity contribution in [1.29, 1.82) is 0 Å². The molecule has 3 heteroatoms. The molecular weight excluding hydrogens is 290 g/mol. The molecule has 0 aliphatic heterocycles. The number of hydrogen-bond donors (Lipinski definition) is 1. The average molecular weight is 314 g/mol. The van der Waals surface area contributed by atoms with Crippen molar-refractivity contribution in [2.75, 3.05) is 6.54 Å². The molecule has 0 saturated heterocycles. The molecule has 0 saturated carbocycles. The van der Waals surface area contributed by atoms with Gasteiger partial charge in [-0.25, -0.2) is 0 Å². The lowest BCUT2D eigenvalue weighted by Crippen LogP contribution is -2.30. The van der Waals surface area contributed by atoms with Gasteiger partial charge in [-0.2, -0.15) is 0 Å². The van der Waals surface area contributed by atoms with Crippen molar-refractivity contribution >= 4 is 15.9 Å². The second-order valence-corrected chi connectivity index (χ2v) is 5.88. The second kappa shape index (κ2) is 7.93. The molecule has 1 aromatic rings. The molecule has 0 aliphatic carbocycles. The fourth-order valence-corrected chi connectivity index (χ4v) is 2.09. The fraction of sp³-hybridized carbons (Fsp3) is 0.600. The molecule has 0 fully saturated rings. The van der Waals surface area contributed by atoms with Gasteiger partial charge in [-0.15, -0.1) is 0 Å². The third kappa shape index (κ3) is 5.51. The van der Waals surface area contributed by atoms with E-state index in [1.54, 1.807) is 0 Å². The van der Waals surface area contributed by atoms with E-state index in [2.05, 4.69) is 67.1 Å². The largest absolute Gasteiger partial charge is 0.369 e. The van der Waals surface area contributed by atoms with Crippen molar-refractivity contribution in [1.82, 2.24) is 5.32 Å². The number of nitrogens with one attached hydrogen (secondary N) is 1. The maximum atomic E-state index is 6.11. The van der Waals surface area contributed by atoms with E-state index in [1.165, 1.54) is 5.56 Å². The molecule has 0 aliphatic rings. The van der Waals surface area contributed by atoms with Gasteiger partial charge in [-0.1, -0.05) is 48.8 Å². The van der Waals surface area contributed by atoms with Crippen LogP contribution in [0.25, 0.3) is 0 Å². The highest BCUT2D eigenvalue weighted by molar-refractivity contribution is 9.10. The number of benzene rings is 1. The minimum Gasteiger partial charge on any atom is -0.369 e. The fourth-order valence-electron chi connectivity index (χ4n) is 1.67. The summed E-state index contributed by atoms with van der Waals surface area (Å²) in [5.41, 5.74) is 1.22. The highest BCUT2D eigenvalue weighted by Crippen LogP contribution is 2.23. The van der Waals surface area contributed by atoms with Gasteiger partial charge in [0.15, 0.2) is 0 Å². The van der Waals surface area contributed by atoms with Gasteiger partial charge >= 0.3 is 0 Å². The number of hydrogen-bond acceptors (Lipinski definition) is 2. The number of ether oxygens (including phenoxy) is 1. The lowest BCUT2D eigenvalue weighted by atomic mass is 10.1. The predicted octanol–water partition coefficient (Wildman–Crippen LogP) is 4.30. The molecule has 18 heavy (non-hydrogen) atoms. The molecule has 0 heterocycles. The minimum absolute atomic E-state index is 0.111. The van der Waals surface area contributed by atoms with Crippen molar-refractivity contribution in [3.63, 3.8) is 0 Å². The van der Waals surface area contributed by atoms with E-state index in [4.69, 9.17) is 4.74 Å². The van der Waals surface area contributed by atoms with Crippen LogP contribution in [0.4, 0.5) is 0 Å². The predicted molar refractivity (Wildman–Crippen MR) is 80.9 cm³/mol. The third-order valence-electron chi connectivity index (χ3n) is 2.90. The lowest BCUT2D eigenvalue weighted by Gasteiger charge is -2.24. The van der Waals surface area contributed by atoms with Crippen molar-refractivity contribution in [3.8, 4) is 0 Å². The lowest BCUT2D eigenvalue weighted by molar-refractivity contribution is -0.00540. The van der Waals surface area contributed by atoms with Gasteiger partial charge in [0.05, 0.1) is 12.2 Å². The Bertz CT molecular complexity index is 354. The zero-order valence-corrected chi connectivity index (χ0v) is 13.3. The Kier molecular flexibility index (Phi) is 6.90. The standard InChI is InChI=1S/C15H24BrNO/c1-5-12(4)18-15(10-17-11(2)3)13-7-6-8-14(16)9-13/h6-9,11-12,15,17H,5,10H2,1-4H3. The SMILES string of the molecule is CCC(C)OC(CNC(C)C)c1cccc(Br)c1. The van der Waals surface area contributed by atoms with Gasteiger partial charge in [-0.05, 0) is 31.0 Å². The molecular formula is C15H24BrNO. The van der Waals surface area contributed by atoms with Crippen LogP contribution in [-0.4, -0.2) is 18.7 Å². The monoisotopic (exact) mass is 313 g/mol. The third-order valence-corrected chi connectivity index (χ3v) is 3.40. The smallest absolute Gasteiger partial charge is 0.0953 e. The molecule has 1 aromatic carbocycles. The summed E-state index contributed by atoms with van der Waals surface area (Å²) in [6.45, 7) is 9.43. The highest BCUT2D eigenvalue weighted by atomic mass is 79.9. The van der Waals surface area contributed by atoms with Gasteiger partial charge in [0.2, 0.25) is 0 Å². The molecule has 0 bridgehead atoms. The van der Waals surface area contributed by atoms with Crippen LogP contribution in [0.15, 0.2) is 28.7 Å². The Morgan fingerprint density at radius 2 is 2.00 bits per heavy atom. The Labute approximate surface area is 119 Å². The number of halogens is 1. The van der Waals surface area contributed by atoms with Gasteiger partial charge in [0.1, 0.15) is 0 Å². The van der Waals surface area contributed by atoms with E-state index in [0.29, 0.717) is 6.04 Å².